The van der Waals surface area contributed by atoms with Gasteiger partial charge < -0.3 is 0 Å². The molecule has 0 saturated heterocycles. The van der Waals surface area contributed by atoms with Gasteiger partial charge in [-0.15, -0.1) is 0 Å². The minimum absolute atomic E-state index is 0.571. The molecule has 0 radical (unpaired) electrons. The van der Waals surface area contributed by atoms with Crippen LogP contribution in [0.5, 0.6) is 0 Å². The Bertz CT molecular complexity index is 560. The molecule has 0 aromatic heterocycles. The van der Waals surface area contributed by atoms with Crippen molar-refractivity contribution in [3.63, 3.8) is 0 Å². The SMILES string of the molecule is C=C(C)C1CCC2C3CCC4C[C@@](C)(CCC)CCC4(C)C3CCC12C. The van der Waals surface area contributed by atoms with Gasteiger partial charge in [-0.3, -0.25) is 0 Å². The van der Waals surface area contributed by atoms with Crippen molar-refractivity contribution in [2.24, 2.45) is 45.8 Å². The molecule has 4 saturated carbocycles. The first-order valence-electron chi connectivity index (χ1n) is 11.9. The molecule has 0 N–H and O–H groups in total. The van der Waals surface area contributed by atoms with Crippen LogP contribution in [0.2, 0.25) is 0 Å². The van der Waals surface area contributed by atoms with Gasteiger partial charge >= 0.3 is 0 Å². The second kappa shape index (κ2) is 6.38. The summed E-state index contributed by atoms with van der Waals surface area (Å²) in [5.74, 6) is 4.85. The average Bonchev–Trinajstić information content (AvgIpc) is 2.93. The fourth-order valence-corrected chi connectivity index (χ4v) is 9.17. The molecule has 4 fully saturated rings. The molecule has 0 nitrogen and oxygen atoms in total. The van der Waals surface area contributed by atoms with Crippen molar-refractivity contribution in [2.75, 3.05) is 0 Å². The number of hydrogen-bond acceptors (Lipinski definition) is 0. The van der Waals surface area contributed by atoms with Crippen LogP contribution < -0.4 is 0 Å². The summed E-state index contributed by atoms with van der Waals surface area (Å²) in [5, 5.41) is 0. The highest BCUT2D eigenvalue weighted by molar-refractivity contribution is 5.15. The predicted molar refractivity (Wildman–Crippen MR) is 113 cm³/mol. The Kier molecular flexibility index (Phi) is 4.68. The first-order valence-corrected chi connectivity index (χ1v) is 11.9. The van der Waals surface area contributed by atoms with Gasteiger partial charge in [0.1, 0.15) is 0 Å². The third-order valence-electron chi connectivity index (χ3n) is 10.5. The van der Waals surface area contributed by atoms with E-state index in [1.807, 2.05) is 0 Å². The standard InChI is InChI=1S/C26H44/c1-7-13-24(4)15-16-25(5)19(17-24)8-9-20-22-11-10-21(18(2)3)26(22,6)14-12-23(20)25/h19-23H,2,7-17H2,1,3-6H3/t19?,20?,21?,22?,23?,24-,25?,26?/m0/s1. The molecule has 7 unspecified atom stereocenters. The zero-order valence-corrected chi connectivity index (χ0v) is 18.4. The minimum atomic E-state index is 0.571. The van der Waals surface area contributed by atoms with E-state index >= 15 is 0 Å². The van der Waals surface area contributed by atoms with Crippen LogP contribution in [-0.4, -0.2) is 0 Å². The lowest BCUT2D eigenvalue weighted by molar-refractivity contribution is -0.128. The molecule has 0 aromatic carbocycles. The lowest BCUT2D eigenvalue weighted by Crippen LogP contribution is -2.54. The second-order valence-electron chi connectivity index (χ2n) is 11.9. The average molecular weight is 357 g/mol. The van der Waals surface area contributed by atoms with Crippen LogP contribution in [0.4, 0.5) is 0 Å². The van der Waals surface area contributed by atoms with E-state index < -0.39 is 0 Å². The maximum Gasteiger partial charge on any atom is -0.0152 e. The van der Waals surface area contributed by atoms with E-state index in [1.165, 1.54) is 76.2 Å². The highest BCUT2D eigenvalue weighted by Gasteiger charge is 2.60. The molecule has 4 aliphatic carbocycles. The van der Waals surface area contributed by atoms with Crippen LogP contribution in [0.15, 0.2) is 12.2 Å². The number of hydrogen-bond donors (Lipinski definition) is 0. The van der Waals surface area contributed by atoms with Gasteiger partial charge in [-0.25, -0.2) is 0 Å². The van der Waals surface area contributed by atoms with E-state index in [4.69, 9.17) is 0 Å². The molecule has 0 bridgehead atoms. The molecule has 0 heterocycles. The molecule has 8 atom stereocenters. The van der Waals surface area contributed by atoms with Crippen LogP contribution in [-0.2, 0) is 0 Å². The van der Waals surface area contributed by atoms with E-state index in [0.29, 0.717) is 16.2 Å². The minimum Gasteiger partial charge on any atom is -0.0998 e. The third kappa shape index (κ3) is 2.68. The van der Waals surface area contributed by atoms with Gasteiger partial charge in [0.15, 0.2) is 0 Å². The number of fused-ring (bicyclic) bond motifs is 5. The fourth-order valence-electron chi connectivity index (χ4n) is 9.17. The van der Waals surface area contributed by atoms with Crippen molar-refractivity contribution >= 4 is 0 Å². The molecule has 148 valence electrons. The van der Waals surface area contributed by atoms with Crippen LogP contribution in [0.3, 0.4) is 0 Å². The Morgan fingerprint density at radius 1 is 0.885 bits per heavy atom. The van der Waals surface area contributed by atoms with Gasteiger partial charge in [0, 0.05) is 0 Å². The summed E-state index contributed by atoms with van der Waals surface area (Å²) in [5.41, 5.74) is 3.34. The third-order valence-corrected chi connectivity index (χ3v) is 10.5. The first kappa shape index (κ1) is 19.1. The van der Waals surface area contributed by atoms with Crippen LogP contribution >= 0.6 is 0 Å². The van der Waals surface area contributed by atoms with Gasteiger partial charge in [-0.05, 0) is 117 Å². The molecule has 0 aliphatic heterocycles. The van der Waals surface area contributed by atoms with Gasteiger partial charge in [0.05, 0.1) is 0 Å². The molecule has 0 heteroatoms. The Hall–Kier alpha value is -0.260. The predicted octanol–water partition coefficient (Wildman–Crippen LogP) is 8.03. The second-order valence-corrected chi connectivity index (χ2v) is 11.9. The molecular weight excluding hydrogens is 312 g/mol. The summed E-state index contributed by atoms with van der Waals surface area (Å²) < 4.78 is 0. The molecule has 26 heavy (non-hydrogen) atoms. The number of allylic oxidation sites excluding steroid dienone is 1. The van der Waals surface area contributed by atoms with Crippen molar-refractivity contribution in [2.45, 2.75) is 105 Å². The lowest BCUT2D eigenvalue weighted by atomic mass is 9.43. The van der Waals surface area contributed by atoms with Crippen LogP contribution in [0.1, 0.15) is 105 Å². The maximum absolute atomic E-state index is 4.39. The Labute approximate surface area is 163 Å². The summed E-state index contributed by atoms with van der Waals surface area (Å²) in [6.07, 6.45) is 16.3. The summed E-state index contributed by atoms with van der Waals surface area (Å²) in [6, 6.07) is 0. The van der Waals surface area contributed by atoms with Crippen molar-refractivity contribution in [1.29, 1.82) is 0 Å². The largest absolute Gasteiger partial charge is 0.0998 e. The van der Waals surface area contributed by atoms with Gasteiger partial charge in [0.2, 0.25) is 0 Å². The fraction of sp³-hybridized carbons (Fsp3) is 0.923. The van der Waals surface area contributed by atoms with Crippen LogP contribution in [0, 0.1) is 45.8 Å². The van der Waals surface area contributed by atoms with E-state index in [2.05, 4.69) is 41.2 Å². The molecule has 0 amide bonds. The van der Waals surface area contributed by atoms with Crippen molar-refractivity contribution in [1.82, 2.24) is 0 Å². The highest BCUT2D eigenvalue weighted by atomic mass is 14.6. The normalized spacial score (nSPS) is 53.5. The Morgan fingerprint density at radius 2 is 1.62 bits per heavy atom. The highest BCUT2D eigenvalue weighted by Crippen LogP contribution is 2.69. The van der Waals surface area contributed by atoms with Crippen LogP contribution in [0.25, 0.3) is 0 Å². The maximum atomic E-state index is 4.39. The summed E-state index contributed by atoms with van der Waals surface area (Å²) >= 11 is 0. The summed E-state index contributed by atoms with van der Waals surface area (Å²) in [6.45, 7) is 17.1. The Morgan fingerprint density at radius 3 is 2.31 bits per heavy atom. The van der Waals surface area contributed by atoms with Crippen molar-refractivity contribution < 1.29 is 0 Å². The molecule has 4 aliphatic rings. The van der Waals surface area contributed by atoms with E-state index in [0.717, 1.165) is 29.6 Å². The summed E-state index contributed by atoms with van der Waals surface area (Å²) in [7, 11) is 0. The van der Waals surface area contributed by atoms with Crippen molar-refractivity contribution in [3.05, 3.63) is 12.2 Å². The zero-order valence-electron chi connectivity index (χ0n) is 18.4. The first-order chi connectivity index (χ1) is 12.2. The quantitative estimate of drug-likeness (QED) is 0.449. The smallest absolute Gasteiger partial charge is 0.0152 e. The zero-order chi connectivity index (χ0) is 18.7. The van der Waals surface area contributed by atoms with Gasteiger partial charge in [-0.2, -0.15) is 0 Å². The van der Waals surface area contributed by atoms with Crippen molar-refractivity contribution in [3.8, 4) is 0 Å². The monoisotopic (exact) mass is 356 g/mol. The van der Waals surface area contributed by atoms with Gasteiger partial charge in [-0.1, -0.05) is 46.3 Å². The molecule has 0 aromatic rings. The molecule has 4 rings (SSSR count). The molecular formula is C26H44. The number of rotatable bonds is 3. The van der Waals surface area contributed by atoms with Gasteiger partial charge in [0.25, 0.3) is 0 Å². The Balaban J connectivity index is 1.56. The van der Waals surface area contributed by atoms with E-state index in [9.17, 15) is 0 Å². The molecule has 0 spiro atoms. The topological polar surface area (TPSA) is 0 Å². The van der Waals surface area contributed by atoms with E-state index in [-0.39, 0.29) is 0 Å². The van der Waals surface area contributed by atoms with E-state index in [1.54, 1.807) is 0 Å². The lowest BCUT2D eigenvalue weighted by Gasteiger charge is -2.62. The summed E-state index contributed by atoms with van der Waals surface area (Å²) in [4.78, 5) is 0.